The van der Waals surface area contributed by atoms with E-state index in [2.05, 4.69) is 4.90 Å². The normalized spacial score (nSPS) is 15.2. The summed E-state index contributed by atoms with van der Waals surface area (Å²) in [6.07, 6.45) is 0.970. The van der Waals surface area contributed by atoms with Crippen molar-refractivity contribution < 1.29 is 8.42 Å². The Morgan fingerprint density at radius 3 is 2.78 bits per heavy atom. The number of benzene rings is 1. The fourth-order valence-corrected chi connectivity index (χ4v) is 3.11. The maximum absolute atomic E-state index is 11.8. The molecule has 0 aromatic heterocycles. The number of fused-ring (bicyclic) bond motifs is 1. The summed E-state index contributed by atoms with van der Waals surface area (Å²) in [7, 11) is -2.97. The molecule has 0 bridgehead atoms. The second-order valence-corrected chi connectivity index (χ2v) is 7.72. The van der Waals surface area contributed by atoms with Crippen LogP contribution in [0.2, 0.25) is 0 Å². The third kappa shape index (κ3) is 2.61. The van der Waals surface area contributed by atoms with Crippen LogP contribution in [0.1, 0.15) is 19.4 Å². The quantitative estimate of drug-likeness (QED) is 0.840. The molecule has 2 rings (SSSR count). The molecule has 1 aliphatic rings. The van der Waals surface area contributed by atoms with Crippen molar-refractivity contribution in [2.45, 2.75) is 25.5 Å². The molecule has 0 radical (unpaired) electrons. The molecular formula is C13H20N2O2S. The van der Waals surface area contributed by atoms with Gasteiger partial charge < -0.3 is 10.6 Å². The maximum atomic E-state index is 11.8. The second kappa shape index (κ2) is 4.80. The smallest absolute Gasteiger partial charge is 0.154 e. The Morgan fingerprint density at radius 2 is 2.11 bits per heavy atom. The minimum atomic E-state index is -2.97. The largest absolute Gasteiger partial charge is 0.399 e. The Bertz CT molecular complexity index is 538. The predicted octanol–water partition coefficient (Wildman–Crippen LogP) is 1.45. The van der Waals surface area contributed by atoms with Gasteiger partial charge in [0, 0.05) is 24.5 Å². The van der Waals surface area contributed by atoms with Crippen LogP contribution in [-0.4, -0.2) is 32.5 Å². The van der Waals surface area contributed by atoms with Gasteiger partial charge >= 0.3 is 0 Å². The summed E-state index contributed by atoms with van der Waals surface area (Å²) in [4.78, 5) is 2.12. The predicted molar refractivity (Wildman–Crippen MR) is 75.7 cm³/mol. The van der Waals surface area contributed by atoms with Crippen LogP contribution < -0.4 is 10.6 Å². The highest BCUT2D eigenvalue weighted by molar-refractivity contribution is 7.92. The first-order valence-corrected chi connectivity index (χ1v) is 7.96. The number of nitrogen functional groups attached to an aromatic ring is 1. The molecule has 2 N–H and O–H groups in total. The van der Waals surface area contributed by atoms with Gasteiger partial charge in [0.15, 0.2) is 9.84 Å². The number of nitrogens with zero attached hydrogens (tertiary/aromatic N) is 1. The highest BCUT2D eigenvalue weighted by atomic mass is 32.2. The summed E-state index contributed by atoms with van der Waals surface area (Å²) >= 11 is 0. The fraction of sp³-hybridized carbons (Fsp3) is 0.538. The van der Waals surface area contributed by atoms with Gasteiger partial charge in [0.2, 0.25) is 0 Å². The minimum Gasteiger partial charge on any atom is -0.399 e. The van der Waals surface area contributed by atoms with E-state index < -0.39 is 9.84 Å². The third-order valence-corrected chi connectivity index (χ3v) is 5.65. The van der Waals surface area contributed by atoms with Crippen molar-refractivity contribution in [3.8, 4) is 0 Å². The molecular weight excluding hydrogens is 248 g/mol. The molecule has 5 heteroatoms. The van der Waals surface area contributed by atoms with Gasteiger partial charge in [-0.1, -0.05) is 6.07 Å². The summed E-state index contributed by atoms with van der Waals surface area (Å²) in [5.74, 6) is 0.207. The number of hydrogen-bond acceptors (Lipinski definition) is 4. The molecule has 0 aliphatic carbocycles. The molecule has 100 valence electrons. The first-order chi connectivity index (χ1) is 8.40. The second-order valence-electron chi connectivity index (χ2n) is 5.04. The van der Waals surface area contributed by atoms with Crippen LogP contribution in [0.3, 0.4) is 0 Å². The van der Waals surface area contributed by atoms with E-state index in [-0.39, 0.29) is 11.0 Å². The first-order valence-electron chi connectivity index (χ1n) is 6.25. The summed E-state index contributed by atoms with van der Waals surface area (Å²) < 4.78 is 23.6. The summed E-state index contributed by atoms with van der Waals surface area (Å²) in [5, 5.41) is -0.305. The van der Waals surface area contributed by atoms with E-state index in [1.807, 2.05) is 18.2 Å². The maximum Gasteiger partial charge on any atom is 0.154 e. The Kier molecular flexibility index (Phi) is 3.52. The standard InChI is InChI=1S/C13H20N2O2S/c1-10(2)18(16,17)8-7-15-6-5-11-3-4-12(14)9-13(11)15/h3-4,9-10H,5-8,14H2,1-2H3. The average molecular weight is 268 g/mol. The van der Waals surface area contributed by atoms with Crippen LogP contribution in [0, 0.1) is 0 Å². The number of anilines is 2. The van der Waals surface area contributed by atoms with Gasteiger partial charge in [-0.15, -0.1) is 0 Å². The Labute approximate surface area is 109 Å². The molecule has 0 fully saturated rings. The fourth-order valence-electron chi connectivity index (χ4n) is 2.17. The molecule has 0 unspecified atom stereocenters. The van der Waals surface area contributed by atoms with E-state index in [0.717, 1.165) is 24.3 Å². The first kappa shape index (κ1) is 13.2. The van der Waals surface area contributed by atoms with Gasteiger partial charge in [0.1, 0.15) is 0 Å². The molecule has 1 aliphatic heterocycles. The lowest BCUT2D eigenvalue weighted by Gasteiger charge is -2.20. The molecule has 0 spiro atoms. The Morgan fingerprint density at radius 1 is 1.39 bits per heavy atom. The highest BCUT2D eigenvalue weighted by Gasteiger charge is 2.22. The van der Waals surface area contributed by atoms with E-state index in [1.165, 1.54) is 5.56 Å². The van der Waals surface area contributed by atoms with Crippen LogP contribution in [0.4, 0.5) is 11.4 Å². The van der Waals surface area contributed by atoms with Gasteiger partial charge in [0.05, 0.1) is 11.0 Å². The SMILES string of the molecule is CC(C)S(=O)(=O)CCN1CCc2ccc(N)cc21. The molecule has 1 aromatic carbocycles. The van der Waals surface area contributed by atoms with Gasteiger partial charge in [0.25, 0.3) is 0 Å². The van der Waals surface area contributed by atoms with Crippen LogP contribution in [0.15, 0.2) is 18.2 Å². The van der Waals surface area contributed by atoms with E-state index in [9.17, 15) is 8.42 Å². The van der Waals surface area contributed by atoms with Gasteiger partial charge in [-0.3, -0.25) is 0 Å². The lowest BCUT2D eigenvalue weighted by molar-refractivity contribution is 0.586. The molecule has 4 nitrogen and oxygen atoms in total. The van der Waals surface area contributed by atoms with E-state index in [4.69, 9.17) is 5.73 Å². The van der Waals surface area contributed by atoms with Crippen LogP contribution in [-0.2, 0) is 16.3 Å². The van der Waals surface area contributed by atoms with Crippen molar-refractivity contribution in [1.29, 1.82) is 0 Å². The molecule has 0 atom stereocenters. The van der Waals surface area contributed by atoms with Crippen LogP contribution in [0.5, 0.6) is 0 Å². The molecule has 18 heavy (non-hydrogen) atoms. The van der Waals surface area contributed by atoms with Gasteiger partial charge in [-0.05, 0) is 38.0 Å². The molecule has 1 heterocycles. The van der Waals surface area contributed by atoms with E-state index in [0.29, 0.717) is 6.54 Å². The number of hydrogen-bond donors (Lipinski definition) is 1. The Balaban J connectivity index is 2.09. The summed E-state index contributed by atoms with van der Waals surface area (Å²) in [6.45, 7) is 4.89. The molecule has 1 aromatic rings. The van der Waals surface area contributed by atoms with Crippen molar-refractivity contribution in [3.05, 3.63) is 23.8 Å². The zero-order valence-corrected chi connectivity index (χ0v) is 11.7. The molecule has 0 amide bonds. The highest BCUT2D eigenvalue weighted by Crippen LogP contribution is 2.29. The average Bonchev–Trinajstić information content (AvgIpc) is 2.68. The third-order valence-electron chi connectivity index (χ3n) is 3.47. The number of sulfone groups is 1. The van der Waals surface area contributed by atoms with Crippen LogP contribution in [0.25, 0.3) is 0 Å². The molecule has 0 saturated carbocycles. The number of nitrogens with two attached hydrogens (primary N) is 1. The van der Waals surface area contributed by atoms with E-state index in [1.54, 1.807) is 13.8 Å². The monoisotopic (exact) mass is 268 g/mol. The van der Waals surface area contributed by atoms with Crippen molar-refractivity contribution in [3.63, 3.8) is 0 Å². The van der Waals surface area contributed by atoms with E-state index >= 15 is 0 Å². The van der Waals surface area contributed by atoms with Gasteiger partial charge in [-0.2, -0.15) is 0 Å². The summed E-state index contributed by atoms with van der Waals surface area (Å²) in [6, 6.07) is 5.86. The molecule has 0 saturated heterocycles. The zero-order chi connectivity index (χ0) is 13.3. The number of rotatable bonds is 4. The topological polar surface area (TPSA) is 63.4 Å². The lowest BCUT2D eigenvalue weighted by Crippen LogP contribution is -2.30. The van der Waals surface area contributed by atoms with Crippen molar-refractivity contribution in [1.82, 2.24) is 0 Å². The van der Waals surface area contributed by atoms with Crippen LogP contribution >= 0.6 is 0 Å². The van der Waals surface area contributed by atoms with Crippen molar-refractivity contribution >= 4 is 21.2 Å². The summed E-state index contributed by atoms with van der Waals surface area (Å²) in [5.41, 5.74) is 8.85. The zero-order valence-electron chi connectivity index (χ0n) is 10.9. The lowest BCUT2D eigenvalue weighted by atomic mass is 10.1. The van der Waals surface area contributed by atoms with Gasteiger partial charge in [-0.25, -0.2) is 8.42 Å². The van der Waals surface area contributed by atoms with Crippen molar-refractivity contribution in [2.75, 3.05) is 29.5 Å². The minimum absolute atomic E-state index is 0.207. The Hall–Kier alpha value is -1.23. The van der Waals surface area contributed by atoms with Crippen molar-refractivity contribution in [2.24, 2.45) is 0 Å².